The number of hydrogen-bond donors (Lipinski definition) is 2. The maximum atomic E-state index is 13.0. The summed E-state index contributed by atoms with van der Waals surface area (Å²) in [4.78, 5) is 22.4. The number of methoxy groups -OCH3 is 1. The van der Waals surface area contributed by atoms with Crippen LogP contribution < -0.4 is 15.4 Å². The van der Waals surface area contributed by atoms with Crippen molar-refractivity contribution in [1.29, 1.82) is 0 Å². The van der Waals surface area contributed by atoms with Crippen molar-refractivity contribution in [2.75, 3.05) is 17.7 Å². The number of aryl methyl sites for hydroxylation is 1. The van der Waals surface area contributed by atoms with E-state index >= 15 is 0 Å². The van der Waals surface area contributed by atoms with Gasteiger partial charge in [0.1, 0.15) is 11.6 Å². The minimum Gasteiger partial charge on any atom is -0.495 e. The lowest BCUT2D eigenvalue weighted by atomic mass is 9.75. The third-order valence-corrected chi connectivity index (χ3v) is 5.22. The fourth-order valence-corrected chi connectivity index (χ4v) is 3.75. The molecule has 0 fully saturated rings. The van der Waals surface area contributed by atoms with Crippen LogP contribution in [-0.2, 0) is 6.42 Å². The highest BCUT2D eigenvalue weighted by molar-refractivity contribution is 6.03. The number of fused-ring (bicyclic) bond motifs is 1. The molecule has 2 aromatic carbocycles. The Labute approximate surface area is 176 Å². The van der Waals surface area contributed by atoms with Gasteiger partial charge in [-0.2, -0.15) is 4.98 Å². The van der Waals surface area contributed by atoms with E-state index in [2.05, 4.69) is 29.5 Å². The number of ketones is 1. The second-order valence-corrected chi connectivity index (χ2v) is 8.47. The summed E-state index contributed by atoms with van der Waals surface area (Å²) in [5.41, 5.74) is 4.01. The van der Waals surface area contributed by atoms with Gasteiger partial charge in [0.2, 0.25) is 5.95 Å². The first kappa shape index (κ1) is 19.9. The van der Waals surface area contributed by atoms with Gasteiger partial charge in [-0.3, -0.25) is 4.79 Å². The topological polar surface area (TPSA) is 76.1 Å². The van der Waals surface area contributed by atoms with Crippen molar-refractivity contribution in [3.05, 3.63) is 65.4 Å². The van der Waals surface area contributed by atoms with Gasteiger partial charge in [0, 0.05) is 12.1 Å². The Balaban J connectivity index is 1.78. The summed E-state index contributed by atoms with van der Waals surface area (Å²) in [5, 5.41) is 6.58. The zero-order chi connectivity index (χ0) is 21.3. The van der Waals surface area contributed by atoms with Crippen molar-refractivity contribution in [2.24, 2.45) is 5.41 Å². The van der Waals surface area contributed by atoms with Crippen molar-refractivity contribution in [3.63, 3.8) is 0 Å². The molecule has 0 aliphatic heterocycles. The molecule has 4 rings (SSSR count). The Morgan fingerprint density at radius 3 is 2.43 bits per heavy atom. The Kier molecular flexibility index (Phi) is 5.16. The molecule has 1 aliphatic carbocycles. The van der Waals surface area contributed by atoms with E-state index in [1.54, 1.807) is 7.11 Å². The molecule has 0 radical (unpaired) electrons. The number of aromatic nitrogens is 2. The Hall–Kier alpha value is -3.41. The average Bonchev–Trinajstić information content (AvgIpc) is 2.68. The smallest absolute Gasteiger partial charge is 0.229 e. The molecule has 6 heteroatoms. The van der Waals surface area contributed by atoms with Gasteiger partial charge in [-0.15, -0.1) is 0 Å². The third kappa shape index (κ3) is 4.13. The predicted molar refractivity (Wildman–Crippen MR) is 119 cm³/mol. The molecule has 2 N–H and O–H groups in total. The summed E-state index contributed by atoms with van der Waals surface area (Å²) in [7, 11) is 1.62. The summed E-state index contributed by atoms with van der Waals surface area (Å²) in [5.74, 6) is 1.70. The third-order valence-electron chi connectivity index (χ3n) is 5.22. The summed E-state index contributed by atoms with van der Waals surface area (Å²) in [6, 6.07) is 15.6. The maximum absolute atomic E-state index is 13.0. The minimum absolute atomic E-state index is 0.0560. The number of hydrogen-bond acceptors (Lipinski definition) is 6. The van der Waals surface area contributed by atoms with Gasteiger partial charge in [0.25, 0.3) is 0 Å². The largest absolute Gasteiger partial charge is 0.495 e. The van der Waals surface area contributed by atoms with Crippen molar-refractivity contribution >= 4 is 28.9 Å². The number of carbonyl (C=O) groups excluding carboxylic acids is 1. The van der Waals surface area contributed by atoms with Crippen molar-refractivity contribution in [2.45, 2.75) is 33.6 Å². The summed E-state index contributed by atoms with van der Waals surface area (Å²) in [6.45, 7) is 6.23. The first-order valence-corrected chi connectivity index (χ1v) is 10.0. The molecule has 1 aliphatic rings. The van der Waals surface area contributed by atoms with Crippen LogP contribution in [0.5, 0.6) is 5.75 Å². The number of nitrogens with zero attached hydrogens (tertiary/aromatic N) is 2. The lowest BCUT2D eigenvalue weighted by Gasteiger charge is -2.30. The highest BCUT2D eigenvalue weighted by Crippen LogP contribution is 2.38. The lowest BCUT2D eigenvalue weighted by molar-refractivity contribution is 0.0911. The SMILES string of the molecule is COc1ccccc1Nc1nc(Nc2ccc(C)cc2)nc2c1C(=O)CC(C)(C)C2. The van der Waals surface area contributed by atoms with Gasteiger partial charge in [0.05, 0.1) is 24.1 Å². The Morgan fingerprint density at radius 2 is 1.70 bits per heavy atom. The number of ether oxygens (including phenoxy) is 1. The molecule has 1 heterocycles. The number of nitrogens with one attached hydrogen (secondary N) is 2. The highest BCUT2D eigenvalue weighted by Gasteiger charge is 2.35. The zero-order valence-corrected chi connectivity index (χ0v) is 17.7. The number of rotatable bonds is 5. The van der Waals surface area contributed by atoms with E-state index < -0.39 is 0 Å². The van der Waals surface area contributed by atoms with E-state index in [1.165, 1.54) is 5.56 Å². The summed E-state index contributed by atoms with van der Waals surface area (Å²) < 4.78 is 5.45. The molecule has 0 bridgehead atoms. The molecular formula is C24H26N4O2. The van der Waals surface area contributed by atoms with Gasteiger partial charge in [-0.05, 0) is 43.0 Å². The van der Waals surface area contributed by atoms with Gasteiger partial charge < -0.3 is 15.4 Å². The van der Waals surface area contributed by atoms with Crippen molar-refractivity contribution in [1.82, 2.24) is 9.97 Å². The monoisotopic (exact) mass is 402 g/mol. The normalized spacial score (nSPS) is 14.7. The molecule has 0 spiro atoms. The number of benzene rings is 2. The fourth-order valence-electron chi connectivity index (χ4n) is 3.75. The fraction of sp³-hybridized carbons (Fsp3) is 0.292. The molecule has 154 valence electrons. The molecular weight excluding hydrogens is 376 g/mol. The molecule has 6 nitrogen and oxygen atoms in total. The van der Waals surface area contributed by atoms with E-state index in [4.69, 9.17) is 9.72 Å². The predicted octanol–water partition coefficient (Wildman–Crippen LogP) is 5.44. The number of para-hydroxylation sites is 2. The molecule has 30 heavy (non-hydrogen) atoms. The molecule has 3 aromatic rings. The van der Waals surface area contributed by atoms with Crippen LogP contribution in [0.1, 0.15) is 41.9 Å². The van der Waals surface area contributed by atoms with Gasteiger partial charge in [0.15, 0.2) is 5.78 Å². The molecule has 0 saturated heterocycles. The first-order valence-electron chi connectivity index (χ1n) is 10.0. The number of carbonyl (C=O) groups is 1. The lowest BCUT2D eigenvalue weighted by Crippen LogP contribution is -2.29. The van der Waals surface area contributed by atoms with Gasteiger partial charge in [-0.25, -0.2) is 4.98 Å². The van der Waals surface area contributed by atoms with E-state index in [0.717, 1.165) is 17.1 Å². The van der Waals surface area contributed by atoms with Gasteiger partial charge >= 0.3 is 0 Å². The van der Waals surface area contributed by atoms with Crippen LogP contribution in [0, 0.1) is 12.3 Å². The summed E-state index contributed by atoms with van der Waals surface area (Å²) >= 11 is 0. The van der Waals surface area contributed by atoms with Crippen LogP contribution in [0.4, 0.5) is 23.1 Å². The zero-order valence-electron chi connectivity index (χ0n) is 17.7. The Morgan fingerprint density at radius 1 is 0.967 bits per heavy atom. The number of anilines is 4. The molecule has 0 atom stereocenters. The van der Waals surface area contributed by atoms with Crippen molar-refractivity contribution < 1.29 is 9.53 Å². The second-order valence-electron chi connectivity index (χ2n) is 8.47. The van der Waals surface area contributed by atoms with Crippen molar-refractivity contribution in [3.8, 4) is 5.75 Å². The van der Waals surface area contributed by atoms with E-state index in [0.29, 0.717) is 35.9 Å². The minimum atomic E-state index is -0.138. The summed E-state index contributed by atoms with van der Waals surface area (Å²) in [6.07, 6.45) is 1.18. The average molecular weight is 402 g/mol. The molecule has 0 saturated carbocycles. The molecule has 0 unspecified atom stereocenters. The van der Waals surface area contributed by atoms with E-state index in [-0.39, 0.29) is 11.2 Å². The quantitative estimate of drug-likeness (QED) is 0.592. The second kappa shape index (κ2) is 7.78. The van der Waals surface area contributed by atoms with Crippen LogP contribution in [0.2, 0.25) is 0 Å². The van der Waals surface area contributed by atoms with Crippen LogP contribution >= 0.6 is 0 Å². The molecule has 1 aromatic heterocycles. The maximum Gasteiger partial charge on any atom is 0.229 e. The van der Waals surface area contributed by atoms with Crippen LogP contribution in [0.25, 0.3) is 0 Å². The van der Waals surface area contributed by atoms with Crippen LogP contribution in [-0.4, -0.2) is 22.9 Å². The first-order chi connectivity index (χ1) is 14.3. The standard InChI is InChI=1S/C24H26N4O2/c1-15-9-11-16(12-10-15)25-23-27-18-13-24(2,3)14-19(29)21(18)22(28-23)26-17-7-5-6-8-20(17)30-4/h5-12H,13-14H2,1-4H3,(H2,25,26,27,28). The van der Waals surface area contributed by atoms with Crippen LogP contribution in [0.3, 0.4) is 0 Å². The van der Waals surface area contributed by atoms with Crippen LogP contribution in [0.15, 0.2) is 48.5 Å². The Bertz CT molecular complexity index is 1090. The molecule has 0 amide bonds. The van der Waals surface area contributed by atoms with Gasteiger partial charge in [-0.1, -0.05) is 43.7 Å². The highest BCUT2D eigenvalue weighted by atomic mass is 16.5. The van der Waals surface area contributed by atoms with E-state index in [9.17, 15) is 4.79 Å². The number of Topliss-reactive ketones (excluding diaryl/α,β-unsaturated/α-hetero) is 1. The van der Waals surface area contributed by atoms with E-state index in [1.807, 2.05) is 55.5 Å².